The number of hydrogen-bond acceptors (Lipinski definition) is 6. The number of anilines is 1. The number of amides is 2. The number of carbonyl (C=O) groups is 3. The van der Waals surface area contributed by atoms with Crippen molar-refractivity contribution < 1.29 is 27.5 Å². The number of hydrogen-bond donors (Lipinski definition) is 3. The van der Waals surface area contributed by atoms with E-state index in [0.717, 1.165) is 0 Å². The lowest BCUT2D eigenvalue weighted by atomic mass is 10.2. The number of ether oxygens (including phenoxy) is 1. The number of benzene rings is 2. The Morgan fingerprint density at radius 1 is 1.04 bits per heavy atom. The van der Waals surface area contributed by atoms with Crippen LogP contribution in [0.4, 0.5) is 5.69 Å². The first kappa shape index (κ1) is 21.1. The zero-order valence-corrected chi connectivity index (χ0v) is 15.7. The molecule has 0 spiro atoms. The maximum absolute atomic E-state index is 12.0. The molecule has 0 saturated carbocycles. The first-order valence-electron chi connectivity index (χ1n) is 8.12. The van der Waals surface area contributed by atoms with Crippen LogP contribution in [0.3, 0.4) is 0 Å². The SMILES string of the molecule is CC(NC(=O)c1ccccc1)C(=O)OCC(=O)Nc1ccc(S(N)(=O)=O)cc1. The molecule has 0 aromatic heterocycles. The molecule has 9 nitrogen and oxygen atoms in total. The Balaban J connectivity index is 1.81. The Labute approximate surface area is 161 Å². The van der Waals surface area contributed by atoms with E-state index in [9.17, 15) is 22.8 Å². The second-order valence-corrected chi connectivity index (χ2v) is 7.35. The lowest BCUT2D eigenvalue weighted by molar-refractivity contribution is -0.148. The largest absolute Gasteiger partial charge is 0.454 e. The Bertz CT molecular complexity index is 959. The average molecular weight is 405 g/mol. The highest BCUT2D eigenvalue weighted by Gasteiger charge is 2.19. The molecule has 0 fully saturated rings. The minimum Gasteiger partial charge on any atom is -0.454 e. The zero-order valence-electron chi connectivity index (χ0n) is 14.9. The van der Waals surface area contributed by atoms with Crippen molar-refractivity contribution in [2.75, 3.05) is 11.9 Å². The molecule has 2 rings (SSSR count). The fourth-order valence-electron chi connectivity index (χ4n) is 2.12. The van der Waals surface area contributed by atoms with Gasteiger partial charge in [0.05, 0.1) is 4.90 Å². The number of nitrogens with one attached hydrogen (secondary N) is 2. The Kier molecular flexibility index (Phi) is 6.85. The van der Waals surface area contributed by atoms with E-state index < -0.39 is 40.5 Å². The van der Waals surface area contributed by atoms with Gasteiger partial charge < -0.3 is 15.4 Å². The number of carbonyl (C=O) groups excluding carboxylic acids is 3. The molecule has 2 aromatic rings. The number of primary sulfonamides is 1. The van der Waals surface area contributed by atoms with E-state index in [1.165, 1.54) is 31.2 Å². The topological polar surface area (TPSA) is 145 Å². The minimum atomic E-state index is -3.83. The van der Waals surface area contributed by atoms with Crippen molar-refractivity contribution in [3.8, 4) is 0 Å². The summed E-state index contributed by atoms with van der Waals surface area (Å²) in [5.41, 5.74) is 0.696. The van der Waals surface area contributed by atoms with Crippen molar-refractivity contribution >= 4 is 33.5 Å². The molecule has 28 heavy (non-hydrogen) atoms. The summed E-state index contributed by atoms with van der Waals surface area (Å²) in [7, 11) is -3.83. The summed E-state index contributed by atoms with van der Waals surface area (Å²) in [4.78, 5) is 35.7. The molecule has 10 heteroatoms. The van der Waals surface area contributed by atoms with Crippen LogP contribution in [0.15, 0.2) is 59.5 Å². The predicted octanol–water partition coefficient (Wildman–Crippen LogP) is 0.634. The van der Waals surface area contributed by atoms with Crippen LogP contribution in [0.1, 0.15) is 17.3 Å². The summed E-state index contributed by atoms with van der Waals surface area (Å²) in [5, 5.41) is 9.90. The van der Waals surface area contributed by atoms with Gasteiger partial charge in [-0.25, -0.2) is 18.4 Å². The van der Waals surface area contributed by atoms with Crippen LogP contribution < -0.4 is 15.8 Å². The van der Waals surface area contributed by atoms with Crippen molar-refractivity contribution in [1.82, 2.24) is 5.32 Å². The van der Waals surface area contributed by atoms with Crippen LogP contribution in [0.5, 0.6) is 0 Å². The third-order valence-electron chi connectivity index (χ3n) is 3.55. The number of nitrogens with two attached hydrogens (primary N) is 1. The summed E-state index contributed by atoms with van der Waals surface area (Å²) < 4.78 is 27.2. The van der Waals surface area contributed by atoms with Crippen molar-refractivity contribution in [2.45, 2.75) is 17.9 Å². The van der Waals surface area contributed by atoms with Crippen molar-refractivity contribution in [3.05, 3.63) is 60.2 Å². The van der Waals surface area contributed by atoms with E-state index in [0.29, 0.717) is 11.3 Å². The van der Waals surface area contributed by atoms with Gasteiger partial charge in [-0.05, 0) is 43.3 Å². The molecular weight excluding hydrogens is 386 g/mol. The number of rotatable bonds is 7. The van der Waals surface area contributed by atoms with E-state index in [-0.39, 0.29) is 4.90 Å². The molecule has 1 unspecified atom stereocenters. The first-order chi connectivity index (χ1) is 13.2. The fourth-order valence-corrected chi connectivity index (χ4v) is 2.63. The molecule has 2 aromatic carbocycles. The molecule has 0 heterocycles. The van der Waals surface area contributed by atoms with Crippen LogP contribution in [-0.4, -0.2) is 38.9 Å². The van der Waals surface area contributed by atoms with E-state index in [1.807, 2.05) is 0 Å². The van der Waals surface area contributed by atoms with Gasteiger partial charge in [-0.1, -0.05) is 18.2 Å². The van der Waals surface area contributed by atoms with Crippen molar-refractivity contribution in [3.63, 3.8) is 0 Å². The third-order valence-corrected chi connectivity index (χ3v) is 4.48. The standard InChI is InChI=1S/C18H19N3O6S/c1-12(20-17(23)13-5-3-2-4-6-13)18(24)27-11-16(22)21-14-7-9-15(10-8-14)28(19,25)26/h2-10,12H,11H2,1H3,(H,20,23)(H,21,22)(H2,19,25,26). The van der Waals surface area contributed by atoms with Crippen LogP contribution in [0.2, 0.25) is 0 Å². The highest BCUT2D eigenvalue weighted by Crippen LogP contribution is 2.12. The van der Waals surface area contributed by atoms with Gasteiger partial charge in [0.25, 0.3) is 11.8 Å². The van der Waals surface area contributed by atoms with Crippen LogP contribution in [0, 0.1) is 0 Å². The predicted molar refractivity (Wildman–Crippen MR) is 101 cm³/mol. The molecule has 148 valence electrons. The number of esters is 1. The van der Waals surface area contributed by atoms with Gasteiger partial charge in [0.2, 0.25) is 10.0 Å². The van der Waals surface area contributed by atoms with Gasteiger partial charge in [0.1, 0.15) is 6.04 Å². The lowest BCUT2D eigenvalue weighted by Gasteiger charge is -2.13. The lowest BCUT2D eigenvalue weighted by Crippen LogP contribution is -2.40. The van der Waals surface area contributed by atoms with Crippen molar-refractivity contribution in [1.29, 1.82) is 0 Å². The molecular formula is C18H19N3O6S. The van der Waals surface area contributed by atoms with E-state index in [2.05, 4.69) is 10.6 Å². The van der Waals surface area contributed by atoms with Gasteiger partial charge in [-0.3, -0.25) is 9.59 Å². The van der Waals surface area contributed by atoms with Gasteiger partial charge >= 0.3 is 5.97 Å². The maximum Gasteiger partial charge on any atom is 0.328 e. The van der Waals surface area contributed by atoms with Gasteiger partial charge in [0, 0.05) is 11.3 Å². The highest BCUT2D eigenvalue weighted by molar-refractivity contribution is 7.89. The Morgan fingerprint density at radius 2 is 1.64 bits per heavy atom. The summed E-state index contributed by atoms with van der Waals surface area (Å²) in [6.45, 7) is 0.869. The van der Waals surface area contributed by atoms with Crippen LogP contribution in [-0.2, 0) is 24.3 Å². The van der Waals surface area contributed by atoms with Crippen molar-refractivity contribution in [2.24, 2.45) is 5.14 Å². The first-order valence-corrected chi connectivity index (χ1v) is 9.66. The number of sulfonamides is 1. The second kappa shape index (κ2) is 9.11. The molecule has 1 atom stereocenters. The molecule has 0 bridgehead atoms. The summed E-state index contributed by atoms with van der Waals surface area (Å²) in [6, 6.07) is 12.6. The summed E-state index contributed by atoms with van der Waals surface area (Å²) in [5.74, 6) is -1.84. The quantitative estimate of drug-likeness (QED) is 0.576. The smallest absolute Gasteiger partial charge is 0.328 e. The van der Waals surface area contributed by atoms with E-state index in [1.54, 1.807) is 30.3 Å². The van der Waals surface area contributed by atoms with Crippen LogP contribution >= 0.6 is 0 Å². The van der Waals surface area contributed by atoms with E-state index >= 15 is 0 Å². The molecule has 0 aliphatic heterocycles. The normalized spacial score (nSPS) is 11.9. The molecule has 0 saturated heterocycles. The fraction of sp³-hybridized carbons (Fsp3) is 0.167. The third kappa shape index (κ3) is 6.18. The average Bonchev–Trinajstić information content (AvgIpc) is 2.66. The molecule has 4 N–H and O–H groups in total. The van der Waals surface area contributed by atoms with Gasteiger partial charge in [-0.2, -0.15) is 0 Å². The summed E-state index contributed by atoms with van der Waals surface area (Å²) >= 11 is 0. The molecule has 0 aliphatic carbocycles. The van der Waals surface area contributed by atoms with Crippen LogP contribution in [0.25, 0.3) is 0 Å². The highest BCUT2D eigenvalue weighted by atomic mass is 32.2. The second-order valence-electron chi connectivity index (χ2n) is 5.79. The maximum atomic E-state index is 12.0. The zero-order chi connectivity index (χ0) is 20.7. The van der Waals surface area contributed by atoms with Gasteiger partial charge in [0.15, 0.2) is 6.61 Å². The Hall–Kier alpha value is -3.24. The minimum absolute atomic E-state index is 0.0973. The molecule has 0 aliphatic rings. The van der Waals surface area contributed by atoms with E-state index in [4.69, 9.17) is 9.88 Å². The monoisotopic (exact) mass is 405 g/mol. The molecule has 0 radical (unpaired) electrons. The molecule has 2 amide bonds. The van der Waals surface area contributed by atoms with Gasteiger partial charge in [-0.15, -0.1) is 0 Å². The Morgan fingerprint density at radius 3 is 2.21 bits per heavy atom. The summed E-state index contributed by atoms with van der Waals surface area (Å²) in [6.07, 6.45) is 0.